The minimum atomic E-state index is -1.03. The molecular weight excluding hydrogens is 566 g/mol. The number of pyridine rings is 1. The lowest BCUT2D eigenvalue weighted by molar-refractivity contribution is -0.137. The van der Waals surface area contributed by atoms with Crippen LogP contribution in [0.1, 0.15) is 38.3 Å². The number of para-hydroxylation sites is 2. The van der Waals surface area contributed by atoms with Gasteiger partial charge in [0.25, 0.3) is 5.91 Å². The maximum absolute atomic E-state index is 13.2. The topological polar surface area (TPSA) is 109 Å². The van der Waals surface area contributed by atoms with Crippen molar-refractivity contribution < 1.29 is 24.2 Å². The van der Waals surface area contributed by atoms with Crippen molar-refractivity contribution in [1.82, 2.24) is 4.98 Å². The summed E-state index contributed by atoms with van der Waals surface area (Å²) >= 11 is 0. The van der Waals surface area contributed by atoms with Crippen LogP contribution in [-0.2, 0) is 11.2 Å². The number of hydrogen-bond acceptors (Lipinski definition) is 6. The number of carboxylic acids is 1. The van der Waals surface area contributed by atoms with Gasteiger partial charge in [0.15, 0.2) is 5.78 Å². The highest BCUT2D eigenvalue weighted by molar-refractivity contribution is 6.12. The molecular formula is C37H33N3O5. The summed E-state index contributed by atoms with van der Waals surface area (Å²) in [5.74, 6) is -0.701. The number of rotatable bonds is 14. The molecule has 1 atom stereocenters. The van der Waals surface area contributed by atoms with Crippen LogP contribution in [-0.4, -0.2) is 46.9 Å². The Balaban J connectivity index is 1.18. The summed E-state index contributed by atoms with van der Waals surface area (Å²) in [6.45, 7) is 0.838. The quantitative estimate of drug-likeness (QED) is 0.110. The number of carbonyl (C=O) groups is 3. The van der Waals surface area contributed by atoms with Gasteiger partial charge in [0.2, 0.25) is 0 Å². The average molecular weight is 600 g/mol. The monoisotopic (exact) mass is 599 g/mol. The number of carbonyl (C=O) groups excluding carboxylic acids is 2. The van der Waals surface area contributed by atoms with Crippen molar-refractivity contribution in [2.45, 2.75) is 18.9 Å². The van der Waals surface area contributed by atoms with Crippen molar-refractivity contribution in [2.24, 2.45) is 0 Å². The first-order valence-corrected chi connectivity index (χ1v) is 14.7. The standard InChI is InChI=1S/C37H33N3O5/c41-35(28-11-3-1-4-12-28)32-16-7-8-17-33(32)39-34(37(43)44)25-27-18-20-31(21-19-27)45-24-10-23-40(30-14-5-2-6-15-30)36(42)29-13-9-22-38-26-29/h1-9,11-22,26,34,39H,10,23-25H2,(H,43,44). The number of ketones is 1. The predicted molar refractivity (Wildman–Crippen MR) is 174 cm³/mol. The van der Waals surface area contributed by atoms with Gasteiger partial charge in [-0.1, -0.05) is 72.8 Å². The maximum Gasteiger partial charge on any atom is 0.326 e. The first-order valence-electron chi connectivity index (χ1n) is 14.7. The van der Waals surface area contributed by atoms with E-state index < -0.39 is 12.0 Å². The fourth-order valence-corrected chi connectivity index (χ4v) is 4.91. The van der Waals surface area contributed by atoms with Gasteiger partial charge < -0.3 is 20.1 Å². The highest BCUT2D eigenvalue weighted by atomic mass is 16.5. The summed E-state index contributed by atoms with van der Waals surface area (Å²) in [6, 6.07) is 35.1. The number of carboxylic acid groups (broad SMARTS) is 1. The van der Waals surface area contributed by atoms with Crippen molar-refractivity contribution in [2.75, 3.05) is 23.4 Å². The summed E-state index contributed by atoms with van der Waals surface area (Å²) in [7, 11) is 0. The fraction of sp³-hybridized carbons (Fsp3) is 0.135. The van der Waals surface area contributed by atoms with E-state index in [1.807, 2.05) is 48.5 Å². The van der Waals surface area contributed by atoms with Crippen molar-refractivity contribution in [1.29, 1.82) is 0 Å². The van der Waals surface area contributed by atoms with E-state index in [-0.39, 0.29) is 18.1 Å². The van der Waals surface area contributed by atoms with Gasteiger partial charge in [-0.3, -0.25) is 14.6 Å². The van der Waals surface area contributed by atoms with Crippen LogP contribution >= 0.6 is 0 Å². The Morgan fingerprint density at radius 1 is 0.778 bits per heavy atom. The molecule has 0 saturated carbocycles. The second-order valence-corrected chi connectivity index (χ2v) is 10.4. The maximum atomic E-state index is 13.2. The van der Waals surface area contributed by atoms with Gasteiger partial charge in [0.05, 0.1) is 12.2 Å². The summed E-state index contributed by atoms with van der Waals surface area (Å²) in [5, 5.41) is 13.0. The van der Waals surface area contributed by atoms with Gasteiger partial charge in [-0.2, -0.15) is 0 Å². The summed E-state index contributed by atoms with van der Waals surface area (Å²) in [6.07, 6.45) is 3.99. The van der Waals surface area contributed by atoms with E-state index in [2.05, 4.69) is 10.3 Å². The number of nitrogens with zero attached hydrogens (tertiary/aromatic N) is 2. The second kappa shape index (κ2) is 15.1. The van der Waals surface area contributed by atoms with Gasteiger partial charge in [-0.15, -0.1) is 0 Å². The Morgan fingerprint density at radius 3 is 2.13 bits per heavy atom. The number of anilines is 2. The molecule has 0 aliphatic heterocycles. The van der Waals surface area contributed by atoms with Crippen LogP contribution in [0.4, 0.5) is 11.4 Å². The fourth-order valence-electron chi connectivity index (χ4n) is 4.91. The Labute approximate surface area is 262 Å². The molecule has 8 nitrogen and oxygen atoms in total. The Morgan fingerprint density at radius 2 is 1.44 bits per heavy atom. The van der Waals surface area contributed by atoms with E-state index in [1.165, 1.54) is 0 Å². The molecule has 1 aromatic heterocycles. The Kier molecular flexibility index (Phi) is 10.3. The Bertz CT molecular complexity index is 1710. The van der Waals surface area contributed by atoms with Gasteiger partial charge in [-0.25, -0.2) is 4.79 Å². The molecule has 1 heterocycles. The van der Waals surface area contributed by atoms with Crippen molar-refractivity contribution in [3.05, 3.63) is 156 Å². The molecule has 1 unspecified atom stereocenters. The molecule has 0 aliphatic rings. The van der Waals surface area contributed by atoms with Crippen molar-refractivity contribution >= 4 is 29.0 Å². The van der Waals surface area contributed by atoms with Crippen LogP contribution in [0.15, 0.2) is 134 Å². The molecule has 0 aliphatic carbocycles. The zero-order chi connectivity index (χ0) is 31.4. The summed E-state index contributed by atoms with van der Waals surface area (Å²) in [4.78, 5) is 44.3. The van der Waals surface area contributed by atoms with Crippen LogP contribution < -0.4 is 15.0 Å². The average Bonchev–Trinajstić information content (AvgIpc) is 3.09. The number of benzene rings is 4. The van der Waals surface area contributed by atoms with Gasteiger partial charge in [0, 0.05) is 47.9 Å². The molecule has 1 amide bonds. The van der Waals surface area contributed by atoms with Crippen molar-refractivity contribution in [3.63, 3.8) is 0 Å². The smallest absolute Gasteiger partial charge is 0.326 e. The van der Waals surface area contributed by atoms with Crippen molar-refractivity contribution in [3.8, 4) is 5.75 Å². The van der Waals surface area contributed by atoms with E-state index in [0.717, 1.165) is 11.3 Å². The third-order valence-electron chi connectivity index (χ3n) is 7.21. The van der Waals surface area contributed by atoms with Gasteiger partial charge >= 0.3 is 5.97 Å². The molecule has 5 aromatic rings. The largest absolute Gasteiger partial charge is 0.494 e. The third-order valence-corrected chi connectivity index (χ3v) is 7.21. The molecule has 8 heteroatoms. The molecule has 2 N–H and O–H groups in total. The van der Waals surface area contributed by atoms with E-state index >= 15 is 0 Å². The zero-order valence-electron chi connectivity index (χ0n) is 24.6. The first kappa shape index (κ1) is 30.7. The first-order chi connectivity index (χ1) is 22.0. The molecule has 0 fully saturated rings. The highest BCUT2D eigenvalue weighted by Gasteiger charge is 2.22. The van der Waals surface area contributed by atoms with Crippen LogP contribution in [0.25, 0.3) is 0 Å². The van der Waals surface area contributed by atoms with E-state index in [9.17, 15) is 19.5 Å². The number of hydrogen-bond donors (Lipinski definition) is 2. The molecule has 226 valence electrons. The lowest BCUT2D eigenvalue weighted by Gasteiger charge is -2.23. The number of amides is 1. The Hall–Kier alpha value is -5.76. The van der Waals surface area contributed by atoms with Gasteiger partial charge in [0.1, 0.15) is 11.8 Å². The summed E-state index contributed by atoms with van der Waals surface area (Å²) < 4.78 is 5.95. The van der Waals surface area contributed by atoms with Crippen LogP contribution in [0.5, 0.6) is 5.75 Å². The van der Waals surface area contributed by atoms with E-state index in [1.54, 1.807) is 90.1 Å². The molecule has 0 spiro atoms. The molecule has 0 radical (unpaired) electrons. The zero-order valence-corrected chi connectivity index (χ0v) is 24.6. The number of ether oxygens (including phenoxy) is 1. The minimum Gasteiger partial charge on any atom is -0.494 e. The van der Waals surface area contributed by atoms with E-state index in [4.69, 9.17) is 4.74 Å². The number of nitrogens with one attached hydrogen (secondary N) is 1. The van der Waals surface area contributed by atoms with Crippen LogP contribution in [0.3, 0.4) is 0 Å². The minimum absolute atomic E-state index is 0.132. The predicted octanol–water partition coefficient (Wildman–Crippen LogP) is 6.54. The normalized spacial score (nSPS) is 11.3. The number of aromatic nitrogens is 1. The van der Waals surface area contributed by atoms with Gasteiger partial charge in [-0.05, 0) is 60.5 Å². The summed E-state index contributed by atoms with van der Waals surface area (Å²) in [5.41, 5.74) is 3.51. The van der Waals surface area contributed by atoms with Crippen LogP contribution in [0.2, 0.25) is 0 Å². The highest BCUT2D eigenvalue weighted by Crippen LogP contribution is 2.22. The lowest BCUT2D eigenvalue weighted by Crippen LogP contribution is -2.32. The molecule has 0 bridgehead atoms. The van der Waals surface area contributed by atoms with Crippen LogP contribution in [0, 0.1) is 0 Å². The number of aliphatic carboxylic acids is 1. The SMILES string of the molecule is O=C(c1ccccc1)c1ccccc1NC(Cc1ccc(OCCCN(C(=O)c2cccnc2)c2ccccc2)cc1)C(=O)O. The molecule has 45 heavy (non-hydrogen) atoms. The lowest BCUT2D eigenvalue weighted by atomic mass is 10.00. The molecule has 0 saturated heterocycles. The van der Waals surface area contributed by atoms with E-state index in [0.29, 0.717) is 47.7 Å². The third kappa shape index (κ3) is 8.20. The molecule has 4 aromatic carbocycles. The second-order valence-electron chi connectivity index (χ2n) is 10.4. The molecule has 5 rings (SSSR count).